The average Bonchev–Trinajstić information content (AvgIpc) is 2.74. The fourth-order valence-corrected chi connectivity index (χ4v) is 4.66. The van der Waals surface area contributed by atoms with E-state index < -0.39 is 15.9 Å². The first kappa shape index (κ1) is 14.2. The summed E-state index contributed by atoms with van der Waals surface area (Å²) in [4.78, 5) is 4.07. The van der Waals surface area contributed by atoms with Crippen LogP contribution in [0.3, 0.4) is 0 Å². The SMILES string of the molecule is CS(=O)(=O)C1CCCC(C(O)c2ncc(Cl)s2)C1. The molecule has 1 aliphatic rings. The minimum Gasteiger partial charge on any atom is -0.386 e. The van der Waals surface area contributed by atoms with Crippen molar-refractivity contribution in [2.75, 3.05) is 6.26 Å². The second kappa shape index (κ2) is 5.45. The van der Waals surface area contributed by atoms with Crippen molar-refractivity contribution in [3.8, 4) is 0 Å². The van der Waals surface area contributed by atoms with Gasteiger partial charge < -0.3 is 5.11 Å². The summed E-state index contributed by atoms with van der Waals surface area (Å²) in [6.07, 6.45) is 4.96. The van der Waals surface area contributed by atoms with Crippen LogP contribution < -0.4 is 0 Å². The highest BCUT2D eigenvalue weighted by Gasteiger charge is 2.33. The molecule has 0 bridgehead atoms. The van der Waals surface area contributed by atoms with Crippen LogP contribution in [0.4, 0.5) is 0 Å². The van der Waals surface area contributed by atoms with Crippen LogP contribution in [0.1, 0.15) is 36.8 Å². The summed E-state index contributed by atoms with van der Waals surface area (Å²) in [6, 6.07) is 0. The van der Waals surface area contributed by atoms with Crippen molar-refractivity contribution in [1.82, 2.24) is 4.98 Å². The normalized spacial score (nSPS) is 27.1. The topological polar surface area (TPSA) is 67.3 Å². The minimum atomic E-state index is -3.02. The molecule has 1 N–H and O–H groups in total. The molecule has 4 nitrogen and oxygen atoms in total. The Morgan fingerprint density at radius 1 is 1.56 bits per heavy atom. The Morgan fingerprint density at radius 3 is 2.83 bits per heavy atom. The van der Waals surface area contributed by atoms with Crippen molar-refractivity contribution in [2.24, 2.45) is 5.92 Å². The van der Waals surface area contributed by atoms with Crippen molar-refractivity contribution in [1.29, 1.82) is 0 Å². The Kier molecular flexibility index (Phi) is 4.31. The molecule has 102 valence electrons. The molecule has 0 radical (unpaired) electrons. The number of nitrogens with zero attached hydrogens (tertiary/aromatic N) is 1. The standard InChI is InChI=1S/C11H16ClNO3S2/c1-18(15,16)8-4-2-3-7(5-8)10(14)11-13-6-9(12)17-11/h6-8,10,14H,2-5H2,1H3. The molecular formula is C11H16ClNO3S2. The van der Waals surface area contributed by atoms with E-state index >= 15 is 0 Å². The Balaban J connectivity index is 2.09. The number of rotatable bonds is 3. The molecule has 0 saturated heterocycles. The van der Waals surface area contributed by atoms with Gasteiger partial charge in [-0.05, 0) is 25.2 Å². The molecule has 2 rings (SSSR count). The molecule has 1 aliphatic carbocycles. The number of halogens is 1. The summed E-state index contributed by atoms with van der Waals surface area (Å²) < 4.78 is 23.7. The van der Waals surface area contributed by atoms with Gasteiger partial charge in [-0.2, -0.15) is 0 Å². The van der Waals surface area contributed by atoms with Gasteiger partial charge in [0.25, 0.3) is 0 Å². The van der Waals surface area contributed by atoms with Crippen LogP contribution in [0.15, 0.2) is 6.20 Å². The smallest absolute Gasteiger partial charge is 0.150 e. The zero-order valence-corrected chi connectivity index (χ0v) is 12.4. The summed E-state index contributed by atoms with van der Waals surface area (Å²) in [7, 11) is -3.02. The number of sulfone groups is 1. The first-order valence-corrected chi connectivity index (χ1v) is 9.01. The number of thiazole rings is 1. The molecule has 0 aromatic carbocycles. The monoisotopic (exact) mass is 309 g/mol. The average molecular weight is 310 g/mol. The van der Waals surface area contributed by atoms with Gasteiger partial charge in [-0.3, -0.25) is 0 Å². The molecule has 1 aromatic rings. The molecule has 3 unspecified atom stereocenters. The Morgan fingerprint density at radius 2 is 2.28 bits per heavy atom. The van der Waals surface area contributed by atoms with Crippen molar-refractivity contribution in [3.63, 3.8) is 0 Å². The molecule has 3 atom stereocenters. The van der Waals surface area contributed by atoms with Gasteiger partial charge in [-0.25, -0.2) is 13.4 Å². The van der Waals surface area contributed by atoms with E-state index in [1.807, 2.05) is 0 Å². The number of aromatic nitrogens is 1. The summed E-state index contributed by atoms with van der Waals surface area (Å²) in [5, 5.41) is 10.5. The van der Waals surface area contributed by atoms with E-state index in [-0.39, 0.29) is 11.2 Å². The van der Waals surface area contributed by atoms with E-state index in [9.17, 15) is 13.5 Å². The Hall–Kier alpha value is -0.170. The molecule has 0 amide bonds. The van der Waals surface area contributed by atoms with Crippen molar-refractivity contribution < 1.29 is 13.5 Å². The number of hydrogen-bond acceptors (Lipinski definition) is 5. The Labute approximate surface area is 116 Å². The fourth-order valence-electron chi connectivity index (χ4n) is 2.46. The lowest BCUT2D eigenvalue weighted by molar-refractivity contribution is 0.0854. The predicted molar refractivity (Wildman–Crippen MR) is 72.7 cm³/mol. The Bertz CT molecular complexity index is 514. The van der Waals surface area contributed by atoms with E-state index in [2.05, 4.69) is 4.98 Å². The van der Waals surface area contributed by atoms with Gasteiger partial charge in [-0.15, -0.1) is 11.3 Å². The quantitative estimate of drug-likeness (QED) is 0.931. The van der Waals surface area contributed by atoms with Gasteiger partial charge in [0, 0.05) is 6.26 Å². The third-order valence-corrected chi connectivity index (χ3v) is 6.29. The van der Waals surface area contributed by atoms with E-state index in [4.69, 9.17) is 11.6 Å². The number of hydrogen-bond donors (Lipinski definition) is 1. The largest absolute Gasteiger partial charge is 0.386 e. The maximum atomic E-state index is 11.6. The van der Waals surface area contributed by atoms with Gasteiger partial charge in [0.05, 0.1) is 11.4 Å². The highest BCUT2D eigenvalue weighted by Crippen LogP contribution is 2.38. The molecule has 7 heteroatoms. The summed E-state index contributed by atoms with van der Waals surface area (Å²) in [6.45, 7) is 0. The minimum absolute atomic E-state index is 0.0410. The van der Waals surface area contributed by atoms with Crippen LogP contribution in [0, 0.1) is 5.92 Å². The van der Waals surface area contributed by atoms with E-state index in [1.54, 1.807) is 0 Å². The number of aliphatic hydroxyl groups is 1. The third kappa shape index (κ3) is 3.23. The predicted octanol–water partition coefficient (Wildman–Crippen LogP) is 2.43. The second-order valence-electron chi connectivity index (χ2n) is 4.83. The highest BCUT2D eigenvalue weighted by molar-refractivity contribution is 7.91. The maximum absolute atomic E-state index is 11.6. The van der Waals surface area contributed by atoms with Crippen LogP contribution in [-0.2, 0) is 9.84 Å². The fraction of sp³-hybridized carbons (Fsp3) is 0.727. The van der Waals surface area contributed by atoms with Gasteiger partial charge in [-0.1, -0.05) is 18.0 Å². The molecule has 1 heterocycles. The molecule has 1 aromatic heterocycles. The van der Waals surface area contributed by atoms with Crippen molar-refractivity contribution in [3.05, 3.63) is 15.5 Å². The van der Waals surface area contributed by atoms with Gasteiger partial charge >= 0.3 is 0 Å². The highest BCUT2D eigenvalue weighted by atomic mass is 35.5. The first-order chi connectivity index (χ1) is 8.38. The first-order valence-electron chi connectivity index (χ1n) is 5.86. The van der Waals surface area contributed by atoms with Crippen LogP contribution >= 0.6 is 22.9 Å². The van der Waals surface area contributed by atoms with Gasteiger partial charge in [0.2, 0.25) is 0 Å². The lowest BCUT2D eigenvalue weighted by Crippen LogP contribution is -2.30. The van der Waals surface area contributed by atoms with Crippen LogP contribution in [0.25, 0.3) is 0 Å². The van der Waals surface area contributed by atoms with E-state index in [0.29, 0.717) is 22.2 Å². The zero-order valence-electron chi connectivity index (χ0n) is 10.0. The summed E-state index contributed by atoms with van der Waals surface area (Å²) in [5.41, 5.74) is 0. The van der Waals surface area contributed by atoms with E-state index in [0.717, 1.165) is 12.8 Å². The molecule has 1 saturated carbocycles. The maximum Gasteiger partial charge on any atom is 0.150 e. The van der Waals surface area contributed by atoms with Crippen molar-refractivity contribution in [2.45, 2.75) is 37.0 Å². The zero-order chi connectivity index (χ0) is 13.3. The molecule has 18 heavy (non-hydrogen) atoms. The second-order valence-corrected chi connectivity index (χ2v) is 8.84. The summed E-state index contributed by atoms with van der Waals surface area (Å²) in [5.74, 6) is -0.0410. The summed E-state index contributed by atoms with van der Waals surface area (Å²) >= 11 is 7.05. The number of aliphatic hydroxyl groups excluding tert-OH is 1. The lowest BCUT2D eigenvalue weighted by atomic mass is 9.85. The van der Waals surface area contributed by atoms with Crippen LogP contribution in [0.2, 0.25) is 4.34 Å². The lowest BCUT2D eigenvalue weighted by Gasteiger charge is -2.30. The third-order valence-electron chi connectivity index (χ3n) is 3.47. The molecular weight excluding hydrogens is 294 g/mol. The molecule has 0 spiro atoms. The van der Waals surface area contributed by atoms with Crippen LogP contribution in [-0.4, -0.2) is 30.0 Å². The van der Waals surface area contributed by atoms with E-state index in [1.165, 1.54) is 23.8 Å². The van der Waals surface area contributed by atoms with Crippen LogP contribution in [0.5, 0.6) is 0 Å². The van der Waals surface area contributed by atoms with Crippen molar-refractivity contribution >= 4 is 32.8 Å². The van der Waals surface area contributed by atoms with Gasteiger partial charge in [0.1, 0.15) is 25.3 Å². The van der Waals surface area contributed by atoms with Gasteiger partial charge in [0.15, 0.2) is 0 Å². The molecule has 0 aliphatic heterocycles. The molecule has 1 fully saturated rings.